The molecule has 1 N–H and O–H groups in total. The topological polar surface area (TPSA) is 57.9 Å². The highest BCUT2D eigenvalue weighted by molar-refractivity contribution is 5.38. The first-order valence-corrected chi connectivity index (χ1v) is 5.15. The molecule has 0 unspecified atom stereocenters. The van der Waals surface area contributed by atoms with Crippen LogP contribution in [0.5, 0.6) is 0 Å². The first kappa shape index (κ1) is 12.2. The molecule has 1 aromatic rings. The van der Waals surface area contributed by atoms with E-state index in [4.69, 9.17) is 10.00 Å². The predicted molar refractivity (Wildman–Crippen MR) is 63.1 cm³/mol. The van der Waals surface area contributed by atoms with Crippen LogP contribution in [0, 0.1) is 11.3 Å². The van der Waals surface area contributed by atoms with Crippen molar-refractivity contribution in [3.05, 3.63) is 36.5 Å². The summed E-state index contributed by atoms with van der Waals surface area (Å²) in [5, 5.41) is 11.7. The number of rotatable bonds is 7. The Morgan fingerprint density at radius 3 is 3.00 bits per heavy atom. The van der Waals surface area contributed by atoms with Crippen molar-refractivity contribution >= 4 is 5.82 Å². The van der Waals surface area contributed by atoms with E-state index < -0.39 is 0 Å². The summed E-state index contributed by atoms with van der Waals surface area (Å²) in [6, 6.07) is 5.53. The minimum atomic E-state index is 0.563. The minimum Gasteiger partial charge on any atom is -0.379 e. The average molecular weight is 217 g/mol. The molecule has 0 bridgehead atoms. The van der Waals surface area contributed by atoms with Crippen LogP contribution in [0.15, 0.2) is 31.0 Å². The van der Waals surface area contributed by atoms with Gasteiger partial charge in [0.15, 0.2) is 0 Å². The molecular weight excluding hydrogens is 202 g/mol. The van der Waals surface area contributed by atoms with Crippen LogP contribution in [0.3, 0.4) is 0 Å². The Kier molecular flexibility index (Phi) is 5.67. The van der Waals surface area contributed by atoms with Gasteiger partial charge < -0.3 is 10.1 Å². The van der Waals surface area contributed by atoms with E-state index in [1.165, 1.54) is 0 Å². The van der Waals surface area contributed by atoms with Crippen molar-refractivity contribution in [3.63, 3.8) is 0 Å². The normalized spacial score (nSPS) is 9.44. The first-order chi connectivity index (χ1) is 7.86. The van der Waals surface area contributed by atoms with E-state index in [9.17, 15) is 0 Å². The SMILES string of the molecule is C=CCCOCCNc1ccc(C#N)cn1. The van der Waals surface area contributed by atoms with Gasteiger partial charge in [-0.1, -0.05) is 6.08 Å². The summed E-state index contributed by atoms with van der Waals surface area (Å²) in [5.41, 5.74) is 0.563. The number of nitrogens with one attached hydrogen (secondary N) is 1. The zero-order chi connectivity index (χ0) is 11.6. The first-order valence-electron chi connectivity index (χ1n) is 5.15. The molecule has 16 heavy (non-hydrogen) atoms. The zero-order valence-corrected chi connectivity index (χ0v) is 9.15. The van der Waals surface area contributed by atoms with Crippen LogP contribution in [-0.4, -0.2) is 24.7 Å². The highest BCUT2D eigenvalue weighted by atomic mass is 16.5. The van der Waals surface area contributed by atoms with Gasteiger partial charge >= 0.3 is 0 Å². The molecule has 1 heterocycles. The van der Waals surface area contributed by atoms with Gasteiger partial charge in [0.25, 0.3) is 0 Å². The fourth-order valence-corrected chi connectivity index (χ4v) is 1.08. The Morgan fingerprint density at radius 2 is 2.38 bits per heavy atom. The van der Waals surface area contributed by atoms with Gasteiger partial charge in [-0.15, -0.1) is 6.58 Å². The number of hydrogen-bond acceptors (Lipinski definition) is 4. The van der Waals surface area contributed by atoms with Crippen LogP contribution in [-0.2, 0) is 4.74 Å². The second kappa shape index (κ2) is 7.43. The van der Waals surface area contributed by atoms with Crippen LogP contribution >= 0.6 is 0 Å². The van der Waals surface area contributed by atoms with Crippen LogP contribution < -0.4 is 5.32 Å². The maximum atomic E-state index is 8.59. The number of ether oxygens (including phenoxy) is 1. The molecule has 0 amide bonds. The highest BCUT2D eigenvalue weighted by Crippen LogP contribution is 2.03. The van der Waals surface area contributed by atoms with Gasteiger partial charge in [-0.3, -0.25) is 0 Å². The van der Waals surface area contributed by atoms with Gasteiger partial charge in [0.05, 0.1) is 18.8 Å². The number of pyridine rings is 1. The maximum absolute atomic E-state index is 8.59. The van der Waals surface area contributed by atoms with Crippen molar-refractivity contribution in [2.45, 2.75) is 6.42 Å². The van der Waals surface area contributed by atoms with E-state index in [2.05, 4.69) is 16.9 Å². The molecule has 0 atom stereocenters. The number of hydrogen-bond donors (Lipinski definition) is 1. The smallest absolute Gasteiger partial charge is 0.126 e. The molecule has 0 saturated heterocycles. The maximum Gasteiger partial charge on any atom is 0.126 e. The second-order valence-electron chi connectivity index (χ2n) is 3.16. The number of anilines is 1. The lowest BCUT2D eigenvalue weighted by atomic mass is 10.3. The fourth-order valence-electron chi connectivity index (χ4n) is 1.08. The Morgan fingerprint density at radius 1 is 1.50 bits per heavy atom. The summed E-state index contributed by atoms with van der Waals surface area (Å²) >= 11 is 0. The molecule has 84 valence electrons. The van der Waals surface area contributed by atoms with Crippen molar-refractivity contribution in [3.8, 4) is 6.07 Å². The summed E-state index contributed by atoms with van der Waals surface area (Å²) in [6.45, 7) is 5.65. The Balaban J connectivity index is 2.17. The molecule has 0 fully saturated rings. The van der Waals surface area contributed by atoms with Crippen LogP contribution in [0.4, 0.5) is 5.82 Å². The molecule has 4 nitrogen and oxygen atoms in total. The molecule has 1 aromatic heterocycles. The molecule has 4 heteroatoms. The van der Waals surface area contributed by atoms with Crippen molar-refractivity contribution in [1.82, 2.24) is 4.98 Å². The number of aromatic nitrogens is 1. The van der Waals surface area contributed by atoms with Crippen LogP contribution in [0.1, 0.15) is 12.0 Å². The molecule has 0 aliphatic rings. The summed E-state index contributed by atoms with van der Waals surface area (Å²) in [6.07, 6.45) is 4.24. The average Bonchev–Trinajstić information content (AvgIpc) is 2.34. The third-order valence-electron chi connectivity index (χ3n) is 1.91. The second-order valence-corrected chi connectivity index (χ2v) is 3.16. The Hall–Kier alpha value is -1.86. The molecule has 0 aliphatic heterocycles. The van der Waals surface area contributed by atoms with Crippen molar-refractivity contribution in [2.75, 3.05) is 25.1 Å². The molecule has 0 spiro atoms. The fraction of sp³-hybridized carbons (Fsp3) is 0.333. The van der Waals surface area contributed by atoms with E-state index in [0.717, 1.165) is 12.2 Å². The van der Waals surface area contributed by atoms with E-state index in [0.29, 0.717) is 25.3 Å². The number of nitriles is 1. The van der Waals surface area contributed by atoms with Gasteiger partial charge in [-0.05, 0) is 18.6 Å². The van der Waals surface area contributed by atoms with E-state index in [-0.39, 0.29) is 0 Å². The van der Waals surface area contributed by atoms with Crippen LogP contribution in [0.25, 0.3) is 0 Å². The van der Waals surface area contributed by atoms with Gasteiger partial charge in [0, 0.05) is 12.7 Å². The van der Waals surface area contributed by atoms with Gasteiger partial charge in [-0.25, -0.2) is 4.98 Å². The predicted octanol–water partition coefficient (Wildman–Crippen LogP) is 1.96. The summed E-state index contributed by atoms with van der Waals surface area (Å²) in [5.74, 6) is 0.756. The third-order valence-corrected chi connectivity index (χ3v) is 1.91. The lowest BCUT2D eigenvalue weighted by Crippen LogP contribution is -2.10. The Labute approximate surface area is 95.6 Å². The molecule has 0 aliphatic carbocycles. The quantitative estimate of drug-likeness (QED) is 0.560. The van der Waals surface area contributed by atoms with E-state index >= 15 is 0 Å². The van der Waals surface area contributed by atoms with E-state index in [1.54, 1.807) is 18.3 Å². The van der Waals surface area contributed by atoms with E-state index in [1.807, 2.05) is 12.1 Å². The summed E-state index contributed by atoms with van der Waals surface area (Å²) in [4.78, 5) is 4.08. The third kappa shape index (κ3) is 4.58. The van der Waals surface area contributed by atoms with Crippen molar-refractivity contribution < 1.29 is 4.74 Å². The standard InChI is InChI=1S/C12H15N3O/c1-2-3-7-16-8-6-14-12-5-4-11(9-13)10-15-12/h2,4-5,10H,1,3,6-8H2,(H,14,15). The van der Waals surface area contributed by atoms with Crippen LogP contribution in [0.2, 0.25) is 0 Å². The summed E-state index contributed by atoms with van der Waals surface area (Å²) < 4.78 is 5.33. The monoisotopic (exact) mass is 217 g/mol. The largest absolute Gasteiger partial charge is 0.379 e. The minimum absolute atomic E-state index is 0.563. The highest BCUT2D eigenvalue weighted by Gasteiger charge is 1.94. The molecular formula is C12H15N3O. The Bertz CT molecular complexity index is 354. The molecule has 1 rings (SSSR count). The molecule has 0 saturated carbocycles. The molecule has 0 aromatic carbocycles. The lowest BCUT2D eigenvalue weighted by Gasteiger charge is -2.05. The van der Waals surface area contributed by atoms with Crippen molar-refractivity contribution in [1.29, 1.82) is 5.26 Å². The van der Waals surface area contributed by atoms with Crippen molar-refractivity contribution in [2.24, 2.45) is 0 Å². The van der Waals surface area contributed by atoms with Gasteiger partial charge in [0.2, 0.25) is 0 Å². The summed E-state index contributed by atoms with van der Waals surface area (Å²) in [7, 11) is 0. The van der Waals surface area contributed by atoms with Gasteiger partial charge in [-0.2, -0.15) is 5.26 Å². The zero-order valence-electron chi connectivity index (χ0n) is 9.15. The van der Waals surface area contributed by atoms with Gasteiger partial charge in [0.1, 0.15) is 11.9 Å². The number of nitrogens with zero attached hydrogens (tertiary/aromatic N) is 2. The molecule has 0 radical (unpaired) electrons. The lowest BCUT2D eigenvalue weighted by molar-refractivity contribution is 0.149.